The van der Waals surface area contributed by atoms with E-state index < -0.39 is 0 Å². The molecule has 0 radical (unpaired) electrons. The zero-order chi connectivity index (χ0) is 14.3. The molecule has 0 atom stereocenters. The largest absolute Gasteiger partial charge is 0.383 e. The van der Waals surface area contributed by atoms with E-state index in [0.29, 0.717) is 21.7 Å². The van der Waals surface area contributed by atoms with Gasteiger partial charge >= 0.3 is 0 Å². The fourth-order valence-electron chi connectivity index (χ4n) is 2.08. The molecule has 0 fully saturated rings. The molecule has 0 saturated carbocycles. The number of halogens is 2. The van der Waals surface area contributed by atoms with E-state index in [1.807, 2.05) is 31.2 Å². The smallest absolute Gasteiger partial charge is 0.162 e. The summed E-state index contributed by atoms with van der Waals surface area (Å²) in [4.78, 5) is 8.90. The van der Waals surface area contributed by atoms with Gasteiger partial charge in [0.1, 0.15) is 5.82 Å². The number of nitrogens with two attached hydrogens (primary N) is 1. The molecule has 3 rings (SSSR count). The Kier molecular flexibility index (Phi) is 3.24. The van der Waals surface area contributed by atoms with Crippen LogP contribution >= 0.6 is 23.2 Å². The van der Waals surface area contributed by atoms with Crippen LogP contribution in [-0.4, -0.2) is 9.97 Å². The van der Waals surface area contributed by atoms with Gasteiger partial charge in [0, 0.05) is 21.0 Å². The Bertz CT molecular complexity index is 816. The lowest BCUT2D eigenvalue weighted by atomic mass is 10.1. The third-order valence-electron chi connectivity index (χ3n) is 3.13. The van der Waals surface area contributed by atoms with E-state index in [4.69, 9.17) is 28.9 Å². The second-order valence-corrected chi connectivity index (χ2v) is 5.43. The van der Waals surface area contributed by atoms with Crippen LogP contribution < -0.4 is 5.73 Å². The monoisotopic (exact) mass is 303 g/mol. The molecule has 0 aliphatic carbocycles. The molecule has 3 aromatic rings. The Hall–Kier alpha value is -1.84. The summed E-state index contributed by atoms with van der Waals surface area (Å²) in [7, 11) is 0. The van der Waals surface area contributed by atoms with E-state index in [1.165, 1.54) is 0 Å². The van der Waals surface area contributed by atoms with Gasteiger partial charge in [-0.05, 0) is 42.8 Å². The first-order chi connectivity index (χ1) is 9.54. The second kappa shape index (κ2) is 4.93. The van der Waals surface area contributed by atoms with E-state index >= 15 is 0 Å². The average molecular weight is 304 g/mol. The highest BCUT2D eigenvalue weighted by Gasteiger charge is 2.10. The SMILES string of the molecule is Cc1ccc(Cl)cc1-c1nc(N)c2ccc(Cl)cc2n1. The Balaban J connectivity index is 2.29. The maximum atomic E-state index is 6.04. The Morgan fingerprint density at radius 1 is 0.950 bits per heavy atom. The van der Waals surface area contributed by atoms with Crippen LogP contribution in [0.3, 0.4) is 0 Å². The molecule has 0 bridgehead atoms. The molecule has 0 aliphatic rings. The van der Waals surface area contributed by atoms with Crippen LogP contribution in [0.1, 0.15) is 5.56 Å². The van der Waals surface area contributed by atoms with Gasteiger partial charge in [-0.1, -0.05) is 29.3 Å². The molecular formula is C15H11Cl2N3. The van der Waals surface area contributed by atoms with Gasteiger partial charge in [0.05, 0.1) is 5.52 Å². The third-order valence-corrected chi connectivity index (χ3v) is 3.60. The summed E-state index contributed by atoms with van der Waals surface area (Å²) in [6.07, 6.45) is 0. The van der Waals surface area contributed by atoms with E-state index in [9.17, 15) is 0 Å². The lowest BCUT2D eigenvalue weighted by molar-refractivity contribution is 1.22. The summed E-state index contributed by atoms with van der Waals surface area (Å²) in [5.41, 5.74) is 8.63. The normalized spacial score (nSPS) is 10.9. The van der Waals surface area contributed by atoms with Gasteiger partial charge in [-0.25, -0.2) is 9.97 Å². The van der Waals surface area contributed by atoms with E-state index in [-0.39, 0.29) is 0 Å². The Morgan fingerprint density at radius 3 is 2.45 bits per heavy atom. The molecule has 0 aliphatic heterocycles. The van der Waals surface area contributed by atoms with Crippen molar-refractivity contribution in [3.63, 3.8) is 0 Å². The zero-order valence-corrected chi connectivity index (χ0v) is 12.2. The summed E-state index contributed by atoms with van der Waals surface area (Å²) in [5, 5.41) is 2.04. The minimum Gasteiger partial charge on any atom is -0.383 e. The molecule has 2 N–H and O–H groups in total. The van der Waals surface area contributed by atoms with Gasteiger partial charge in [-0.15, -0.1) is 0 Å². The van der Waals surface area contributed by atoms with Gasteiger partial charge in [-0.3, -0.25) is 0 Å². The topological polar surface area (TPSA) is 51.8 Å². The molecule has 3 nitrogen and oxygen atoms in total. The van der Waals surface area contributed by atoms with Crippen LogP contribution in [-0.2, 0) is 0 Å². The summed E-state index contributed by atoms with van der Waals surface area (Å²) < 4.78 is 0. The van der Waals surface area contributed by atoms with Crippen LogP contribution in [0.5, 0.6) is 0 Å². The Morgan fingerprint density at radius 2 is 1.65 bits per heavy atom. The Labute approximate surface area is 126 Å². The van der Waals surface area contributed by atoms with Crippen molar-refractivity contribution in [2.24, 2.45) is 0 Å². The predicted octanol–water partition coefficient (Wildman–Crippen LogP) is 4.49. The molecule has 5 heteroatoms. The number of hydrogen-bond acceptors (Lipinski definition) is 3. The summed E-state index contributed by atoms with van der Waals surface area (Å²) in [6, 6.07) is 11.0. The van der Waals surface area contributed by atoms with Crippen molar-refractivity contribution < 1.29 is 0 Å². The number of nitrogen functional groups attached to an aromatic ring is 1. The number of fused-ring (bicyclic) bond motifs is 1. The molecular weight excluding hydrogens is 293 g/mol. The first-order valence-electron chi connectivity index (χ1n) is 6.04. The molecule has 2 aromatic carbocycles. The van der Waals surface area contributed by atoms with Crippen LogP contribution in [0, 0.1) is 6.92 Å². The van der Waals surface area contributed by atoms with Crippen molar-refractivity contribution in [1.29, 1.82) is 0 Å². The predicted molar refractivity (Wildman–Crippen MR) is 84.1 cm³/mol. The summed E-state index contributed by atoms with van der Waals surface area (Å²) in [5.74, 6) is 0.985. The fraction of sp³-hybridized carbons (Fsp3) is 0.0667. The lowest BCUT2D eigenvalue weighted by Crippen LogP contribution is -1.98. The highest BCUT2D eigenvalue weighted by molar-refractivity contribution is 6.31. The quantitative estimate of drug-likeness (QED) is 0.720. The number of rotatable bonds is 1. The molecule has 1 aromatic heterocycles. The van der Waals surface area contributed by atoms with Gasteiger partial charge < -0.3 is 5.73 Å². The fourth-order valence-corrected chi connectivity index (χ4v) is 2.42. The van der Waals surface area contributed by atoms with Gasteiger partial charge in [0.2, 0.25) is 0 Å². The highest BCUT2D eigenvalue weighted by atomic mass is 35.5. The van der Waals surface area contributed by atoms with Crippen molar-refractivity contribution in [2.45, 2.75) is 6.92 Å². The van der Waals surface area contributed by atoms with Crippen molar-refractivity contribution in [2.75, 3.05) is 5.73 Å². The van der Waals surface area contributed by atoms with Crippen LogP contribution in [0.15, 0.2) is 36.4 Å². The number of aryl methyl sites for hydroxylation is 1. The van der Waals surface area contributed by atoms with E-state index in [1.54, 1.807) is 12.1 Å². The summed E-state index contributed by atoms with van der Waals surface area (Å²) >= 11 is 12.0. The van der Waals surface area contributed by atoms with Crippen molar-refractivity contribution >= 4 is 39.9 Å². The maximum Gasteiger partial charge on any atom is 0.162 e. The maximum absolute atomic E-state index is 6.04. The number of nitrogens with zero attached hydrogens (tertiary/aromatic N) is 2. The van der Waals surface area contributed by atoms with Crippen molar-refractivity contribution in [3.05, 3.63) is 52.0 Å². The van der Waals surface area contributed by atoms with E-state index in [0.717, 1.165) is 22.0 Å². The zero-order valence-electron chi connectivity index (χ0n) is 10.7. The molecule has 100 valence electrons. The van der Waals surface area contributed by atoms with Crippen LogP contribution in [0.25, 0.3) is 22.3 Å². The van der Waals surface area contributed by atoms with Gasteiger partial charge in [-0.2, -0.15) is 0 Å². The first kappa shape index (κ1) is 13.2. The highest BCUT2D eigenvalue weighted by Crippen LogP contribution is 2.28. The third kappa shape index (κ3) is 2.30. The van der Waals surface area contributed by atoms with Crippen molar-refractivity contribution in [1.82, 2.24) is 9.97 Å². The number of benzene rings is 2. The minimum atomic E-state index is 0.432. The van der Waals surface area contributed by atoms with Crippen LogP contribution in [0.2, 0.25) is 10.0 Å². The van der Waals surface area contributed by atoms with Crippen molar-refractivity contribution in [3.8, 4) is 11.4 Å². The minimum absolute atomic E-state index is 0.432. The lowest BCUT2D eigenvalue weighted by Gasteiger charge is -2.08. The molecule has 1 heterocycles. The number of aromatic nitrogens is 2. The number of anilines is 1. The molecule has 20 heavy (non-hydrogen) atoms. The standard InChI is InChI=1S/C15H11Cl2N3/c1-8-2-3-9(16)6-12(8)15-19-13-7-10(17)4-5-11(13)14(18)20-15/h2-7H,1H3,(H2,18,19,20). The van der Waals surface area contributed by atoms with Gasteiger partial charge in [0.25, 0.3) is 0 Å². The van der Waals surface area contributed by atoms with Crippen LogP contribution in [0.4, 0.5) is 5.82 Å². The summed E-state index contributed by atoms with van der Waals surface area (Å²) in [6.45, 7) is 1.98. The second-order valence-electron chi connectivity index (χ2n) is 4.55. The molecule has 0 amide bonds. The molecule has 0 saturated heterocycles. The molecule has 0 spiro atoms. The first-order valence-corrected chi connectivity index (χ1v) is 6.79. The molecule has 0 unspecified atom stereocenters. The van der Waals surface area contributed by atoms with Gasteiger partial charge in [0.15, 0.2) is 5.82 Å². The average Bonchev–Trinajstić information content (AvgIpc) is 2.41. The number of hydrogen-bond donors (Lipinski definition) is 1. The van der Waals surface area contributed by atoms with E-state index in [2.05, 4.69) is 9.97 Å².